The topological polar surface area (TPSA) is 116 Å². The fraction of sp³-hybridized carbons (Fsp3) is 0.469. The number of carbonyl (C=O) groups is 2. The van der Waals surface area contributed by atoms with E-state index >= 15 is 0 Å². The van der Waals surface area contributed by atoms with Crippen LogP contribution in [0.5, 0.6) is 0 Å². The van der Waals surface area contributed by atoms with Gasteiger partial charge in [-0.1, -0.05) is 35.9 Å². The van der Waals surface area contributed by atoms with E-state index in [0.717, 1.165) is 63.6 Å². The monoisotopic (exact) mass is 618 g/mol. The van der Waals surface area contributed by atoms with Crippen LogP contribution in [0.4, 0.5) is 11.5 Å². The fourth-order valence-electron chi connectivity index (χ4n) is 6.62. The number of likely N-dealkylation sites (tertiary alicyclic amines) is 1. The summed E-state index contributed by atoms with van der Waals surface area (Å²) in [6.45, 7) is 6.30. The Balaban J connectivity index is 1.02. The number of imide groups is 1. The third-order valence-corrected chi connectivity index (χ3v) is 9.40. The highest BCUT2D eigenvalue weighted by Crippen LogP contribution is 2.30. The van der Waals surface area contributed by atoms with E-state index < -0.39 is 0 Å². The standard InChI is InChI=1S/C32H39ClN8O3/c1-38-19-24(15-25(20-38)36-27-17-35-39(2)32(44)30(27)33)22-5-3-21(4-6-22)18-40-11-13-41(14-12-40)28-16-23(9-10-34-28)26-7-8-29(42)37-31(26)43/h3-6,9-10,16-17,24-26,36H,7-8,11-15,18-20H2,1-2H3,(H,37,42,43)/t24-,25+,26?/m0/s1. The third-order valence-electron chi connectivity index (χ3n) is 9.04. The van der Waals surface area contributed by atoms with Crippen LogP contribution in [0.1, 0.15) is 47.8 Å². The number of piperidine rings is 2. The zero-order valence-electron chi connectivity index (χ0n) is 25.2. The molecule has 232 valence electrons. The minimum Gasteiger partial charge on any atom is -0.378 e. The molecule has 6 rings (SSSR count). The maximum atomic E-state index is 12.4. The predicted molar refractivity (Wildman–Crippen MR) is 170 cm³/mol. The summed E-state index contributed by atoms with van der Waals surface area (Å²) >= 11 is 6.31. The van der Waals surface area contributed by atoms with E-state index in [0.29, 0.717) is 24.4 Å². The van der Waals surface area contributed by atoms with Gasteiger partial charge in [0, 0.05) is 71.5 Å². The number of likely N-dealkylation sites (N-methyl/N-ethyl adjacent to an activating group) is 1. The summed E-state index contributed by atoms with van der Waals surface area (Å²) in [6, 6.07) is 13.0. The smallest absolute Gasteiger partial charge is 0.287 e. The molecule has 0 spiro atoms. The van der Waals surface area contributed by atoms with Crippen molar-refractivity contribution in [2.75, 3.05) is 56.5 Å². The average Bonchev–Trinajstić information content (AvgIpc) is 3.02. The lowest BCUT2D eigenvalue weighted by Gasteiger charge is -2.37. The maximum absolute atomic E-state index is 12.4. The summed E-state index contributed by atoms with van der Waals surface area (Å²) < 4.78 is 1.24. The van der Waals surface area contributed by atoms with E-state index in [4.69, 9.17) is 11.6 Å². The lowest BCUT2D eigenvalue weighted by Crippen LogP contribution is -2.46. The maximum Gasteiger partial charge on any atom is 0.287 e. The summed E-state index contributed by atoms with van der Waals surface area (Å²) in [4.78, 5) is 47.7. The second kappa shape index (κ2) is 13.1. The number of amides is 2. The van der Waals surface area contributed by atoms with E-state index in [1.807, 2.05) is 12.1 Å². The quantitative estimate of drug-likeness (QED) is 0.386. The van der Waals surface area contributed by atoms with E-state index in [1.165, 1.54) is 15.8 Å². The summed E-state index contributed by atoms with van der Waals surface area (Å²) in [7, 11) is 3.72. The summed E-state index contributed by atoms with van der Waals surface area (Å²) in [5.74, 6) is 0.533. The van der Waals surface area contributed by atoms with Crippen molar-refractivity contribution in [2.45, 2.75) is 43.7 Å². The van der Waals surface area contributed by atoms with Crippen molar-refractivity contribution in [3.63, 3.8) is 0 Å². The first kappa shape index (κ1) is 30.2. The molecule has 3 fully saturated rings. The van der Waals surface area contributed by atoms with Gasteiger partial charge in [0.05, 0.1) is 17.8 Å². The zero-order chi connectivity index (χ0) is 30.8. The van der Waals surface area contributed by atoms with Crippen LogP contribution in [-0.4, -0.2) is 88.7 Å². The number of hydrogen-bond donors (Lipinski definition) is 2. The van der Waals surface area contributed by atoms with Gasteiger partial charge in [-0.3, -0.25) is 24.6 Å². The Bertz CT molecular complexity index is 1570. The fourth-order valence-corrected chi connectivity index (χ4v) is 6.85. The average molecular weight is 619 g/mol. The molecule has 3 saturated heterocycles. The summed E-state index contributed by atoms with van der Waals surface area (Å²) in [5, 5.41) is 10.2. The second-order valence-electron chi connectivity index (χ2n) is 12.3. The zero-order valence-corrected chi connectivity index (χ0v) is 26.0. The first-order valence-corrected chi connectivity index (χ1v) is 15.6. The Morgan fingerprint density at radius 2 is 1.77 bits per heavy atom. The van der Waals surface area contributed by atoms with E-state index in [1.54, 1.807) is 19.4 Å². The third kappa shape index (κ3) is 6.80. The number of rotatable bonds is 7. The molecule has 3 aliphatic rings. The Labute approximate surface area is 262 Å². The number of piperazine rings is 1. The van der Waals surface area contributed by atoms with Crippen molar-refractivity contribution in [1.82, 2.24) is 29.9 Å². The summed E-state index contributed by atoms with van der Waals surface area (Å²) in [6.07, 6.45) is 5.24. The lowest BCUT2D eigenvalue weighted by molar-refractivity contribution is -0.134. The van der Waals surface area contributed by atoms with Crippen LogP contribution in [0.2, 0.25) is 5.02 Å². The summed E-state index contributed by atoms with van der Waals surface area (Å²) in [5.41, 5.74) is 3.80. The van der Waals surface area contributed by atoms with Crippen molar-refractivity contribution >= 4 is 34.9 Å². The van der Waals surface area contributed by atoms with E-state index in [-0.39, 0.29) is 34.4 Å². The van der Waals surface area contributed by atoms with E-state index in [2.05, 4.69) is 66.7 Å². The van der Waals surface area contributed by atoms with Crippen molar-refractivity contribution in [2.24, 2.45) is 7.05 Å². The number of nitrogens with zero attached hydrogens (tertiary/aromatic N) is 6. The minimum atomic E-state index is -0.301. The lowest BCUT2D eigenvalue weighted by atomic mass is 9.87. The molecule has 44 heavy (non-hydrogen) atoms. The highest BCUT2D eigenvalue weighted by Gasteiger charge is 2.30. The number of aryl methyl sites for hydroxylation is 1. The van der Waals surface area contributed by atoms with Gasteiger partial charge in [-0.25, -0.2) is 9.67 Å². The molecule has 3 aliphatic heterocycles. The molecule has 3 atom stereocenters. The number of halogens is 1. The molecule has 2 N–H and O–H groups in total. The van der Waals surface area contributed by atoms with Crippen LogP contribution in [0.15, 0.2) is 53.6 Å². The predicted octanol–water partition coefficient (Wildman–Crippen LogP) is 2.57. The number of hydrogen-bond acceptors (Lipinski definition) is 9. The molecule has 2 aromatic heterocycles. The van der Waals surface area contributed by atoms with Gasteiger partial charge in [0.25, 0.3) is 5.56 Å². The van der Waals surface area contributed by atoms with Gasteiger partial charge in [-0.15, -0.1) is 0 Å². The molecular formula is C32H39ClN8O3. The SMILES string of the molecule is CN1C[C@H](Nc2cnn(C)c(=O)c2Cl)C[C@H](c2ccc(CN3CCN(c4cc(C5CCC(=O)NC5=O)ccn4)CC3)cc2)C1. The number of benzene rings is 1. The minimum absolute atomic E-state index is 0.153. The van der Waals surface area contributed by atoms with Gasteiger partial charge in [-0.2, -0.15) is 5.10 Å². The molecule has 0 saturated carbocycles. The first-order chi connectivity index (χ1) is 21.2. The number of nitrogens with one attached hydrogen (secondary N) is 2. The van der Waals surface area contributed by atoms with Gasteiger partial charge in [0.2, 0.25) is 11.8 Å². The van der Waals surface area contributed by atoms with Gasteiger partial charge < -0.3 is 15.1 Å². The van der Waals surface area contributed by atoms with Crippen LogP contribution in [0, 0.1) is 0 Å². The molecule has 3 aromatic rings. The number of pyridine rings is 1. The molecule has 2 amide bonds. The number of aromatic nitrogens is 3. The molecule has 11 nitrogen and oxygen atoms in total. The van der Waals surface area contributed by atoms with Crippen molar-refractivity contribution < 1.29 is 9.59 Å². The Hall–Kier alpha value is -3.80. The number of anilines is 2. The van der Waals surface area contributed by atoms with Gasteiger partial charge in [0.1, 0.15) is 10.8 Å². The van der Waals surface area contributed by atoms with Crippen molar-refractivity contribution in [3.8, 4) is 0 Å². The van der Waals surface area contributed by atoms with Crippen LogP contribution in [0.3, 0.4) is 0 Å². The molecule has 0 bridgehead atoms. The highest BCUT2D eigenvalue weighted by molar-refractivity contribution is 6.32. The Kier molecular flexibility index (Phi) is 8.97. The molecule has 1 aromatic carbocycles. The molecule has 0 radical (unpaired) electrons. The number of carbonyl (C=O) groups excluding carboxylic acids is 2. The first-order valence-electron chi connectivity index (χ1n) is 15.3. The van der Waals surface area contributed by atoms with Gasteiger partial charge in [0.15, 0.2) is 0 Å². The Morgan fingerprint density at radius 3 is 2.52 bits per heavy atom. The highest BCUT2D eigenvalue weighted by atomic mass is 35.5. The molecular weight excluding hydrogens is 580 g/mol. The second-order valence-corrected chi connectivity index (χ2v) is 12.6. The van der Waals surface area contributed by atoms with Crippen LogP contribution in [-0.2, 0) is 23.2 Å². The van der Waals surface area contributed by atoms with Crippen LogP contribution >= 0.6 is 11.6 Å². The van der Waals surface area contributed by atoms with Crippen LogP contribution < -0.4 is 21.1 Å². The van der Waals surface area contributed by atoms with Crippen LogP contribution in [0.25, 0.3) is 0 Å². The molecule has 12 heteroatoms. The van der Waals surface area contributed by atoms with Gasteiger partial charge in [-0.05, 0) is 54.6 Å². The largest absolute Gasteiger partial charge is 0.378 e. The van der Waals surface area contributed by atoms with Crippen molar-refractivity contribution in [1.29, 1.82) is 0 Å². The van der Waals surface area contributed by atoms with Crippen molar-refractivity contribution in [3.05, 3.63) is 80.9 Å². The normalized spacial score (nSPS) is 23.4. The van der Waals surface area contributed by atoms with Gasteiger partial charge >= 0.3 is 0 Å². The molecule has 0 aliphatic carbocycles. The Morgan fingerprint density at radius 1 is 1.00 bits per heavy atom. The van der Waals surface area contributed by atoms with E-state index in [9.17, 15) is 14.4 Å². The molecule has 5 heterocycles. The molecule has 1 unspecified atom stereocenters.